The molecule has 0 radical (unpaired) electrons. The van der Waals surface area contributed by atoms with Crippen molar-refractivity contribution in [2.45, 2.75) is 25.4 Å². The first-order valence-corrected chi connectivity index (χ1v) is 7.82. The van der Waals surface area contributed by atoms with Crippen molar-refractivity contribution in [3.05, 3.63) is 59.5 Å². The number of morpholine rings is 1. The molecule has 1 saturated heterocycles. The Hall–Kier alpha value is -2.61. The summed E-state index contributed by atoms with van der Waals surface area (Å²) < 4.78 is 45.9. The highest BCUT2D eigenvalue weighted by molar-refractivity contribution is 5.86. The number of halogens is 3. The minimum atomic E-state index is -1.60. The zero-order valence-corrected chi connectivity index (χ0v) is 14.0. The van der Waals surface area contributed by atoms with E-state index in [1.165, 1.54) is 24.0 Å². The molecule has 0 spiro atoms. The van der Waals surface area contributed by atoms with Crippen LogP contribution >= 0.6 is 0 Å². The number of carboxylic acid groups (broad SMARTS) is 1. The van der Waals surface area contributed by atoms with Gasteiger partial charge in [0, 0.05) is 12.0 Å². The summed E-state index contributed by atoms with van der Waals surface area (Å²) in [7, 11) is 0. The molecule has 1 aromatic carbocycles. The molecule has 2 atom stereocenters. The molecule has 1 heterocycles. The largest absolute Gasteiger partial charge is 0.478 e. The van der Waals surface area contributed by atoms with Gasteiger partial charge in [0.1, 0.15) is 0 Å². The number of carbonyl (C=O) groups excluding carboxylic acids is 1. The Morgan fingerprint density at radius 2 is 1.92 bits per heavy atom. The number of rotatable bonds is 5. The minimum Gasteiger partial charge on any atom is -0.478 e. The molecule has 1 aliphatic rings. The van der Waals surface area contributed by atoms with Crippen LogP contribution in [0, 0.1) is 17.5 Å². The van der Waals surface area contributed by atoms with Crippen molar-refractivity contribution in [2.75, 3.05) is 13.2 Å². The Labute approximate surface area is 148 Å². The molecule has 8 heteroatoms. The molecule has 140 valence electrons. The smallest absolute Gasteiger partial charge is 0.331 e. The highest BCUT2D eigenvalue weighted by Crippen LogP contribution is 2.31. The van der Waals surface area contributed by atoms with Crippen LogP contribution in [0.1, 0.15) is 24.9 Å². The van der Waals surface area contributed by atoms with Gasteiger partial charge >= 0.3 is 5.97 Å². The Morgan fingerprint density at radius 3 is 2.46 bits per heavy atom. The van der Waals surface area contributed by atoms with E-state index in [4.69, 9.17) is 9.84 Å². The van der Waals surface area contributed by atoms with E-state index < -0.39 is 41.4 Å². The third kappa shape index (κ3) is 4.13. The zero-order valence-electron chi connectivity index (χ0n) is 14.0. The lowest BCUT2D eigenvalue weighted by Gasteiger charge is -2.41. The summed E-state index contributed by atoms with van der Waals surface area (Å²) >= 11 is 0. The fourth-order valence-electron chi connectivity index (χ4n) is 2.79. The summed E-state index contributed by atoms with van der Waals surface area (Å²) in [6.07, 6.45) is 2.65. The molecular weight excluding hydrogens is 351 g/mol. The molecule has 26 heavy (non-hydrogen) atoms. The summed E-state index contributed by atoms with van der Waals surface area (Å²) in [6.45, 7) is 4.81. The quantitative estimate of drug-likeness (QED) is 0.492. The van der Waals surface area contributed by atoms with Gasteiger partial charge in [0.15, 0.2) is 17.5 Å². The molecule has 0 aliphatic carbocycles. The Morgan fingerprint density at radius 1 is 1.31 bits per heavy atom. The van der Waals surface area contributed by atoms with Crippen molar-refractivity contribution in [3.8, 4) is 0 Å². The van der Waals surface area contributed by atoms with Crippen molar-refractivity contribution in [1.82, 2.24) is 4.90 Å². The monoisotopic (exact) mass is 369 g/mol. The molecule has 0 aromatic heterocycles. The number of aliphatic carboxylic acids is 1. The molecule has 1 N–H and O–H groups in total. The standard InChI is InChI=1S/C18H18F3NO4/c1-3-4-16(23)22-12(5-10(2)18(24)25)8-26-9-15(22)11-6-13(19)17(21)14(20)7-11/h3,5-7,12,15H,1,4,8-9H2,2H3,(H,24,25)/t12-,15-/m0/s1. The second kappa shape index (κ2) is 8.18. The molecule has 1 fully saturated rings. The summed E-state index contributed by atoms with van der Waals surface area (Å²) in [5.41, 5.74) is 0.0111. The van der Waals surface area contributed by atoms with E-state index in [1.54, 1.807) is 0 Å². The van der Waals surface area contributed by atoms with E-state index >= 15 is 0 Å². The van der Waals surface area contributed by atoms with Gasteiger partial charge in [-0.1, -0.05) is 6.08 Å². The maximum absolute atomic E-state index is 13.6. The number of carboxylic acids is 1. The lowest BCUT2D eigenvalue weighted by atomic mass is 9.99. The van der Waals surface area contributed by atoms with Gasteiger partial charge in [-0.15, -0.1) is 6.58 Å². The molecule has 0 bridgehead atoms. The van der Waals surface area contributed by atoms with E-state index in [1.807, 2.05) is 0 Å². The molecule has 0 saturated carbocycles. The zero-order chi connectivity index (χ0) is 19.4. The normalized spacial score (nSPS) is 20.8. The lowest BCUT2D eigenvalue weighted by molar-refractivity contribution is -0.143. The maximum atomic E-state index is 13.6. The number of benzene rings is 1. The van der Waals surface area contributed by atoms with Crippen LogP contribution in [0.15, 0.2) is 36.4 Å². The molecule has 1 amide bonds. The third-order valence-electron chi connectivity index (χ3n) is 4.04. The SMILES string of the molecule is C=CCC(=O)N1[C@@H](C=C(C)C(=O)O)COC[C@H]1c1cc(F)c(F)c(F)c1. The number of hydrogen-bond acceptors (Lipinski definition) is 3. The van der Waals surface area contributed by atoms with Crippen LogP contribution in [-0.4, -0.2) is 41.1 Å². The van der Waals surface area contributed by atoms with Crippen LogP contribution in [0.25, 0.3) is 0 Å². The van der Waals surface area contributed by atoms with Crippen molar-refractivity contribution < 1.29 is 32.6 Å². The molecule has 1 aromatic rings. The molecule has 1 aliphatic heterocycles. The number of nitrogens with zero attached hydrogens (tertiary/aromatic N) is 1. The van der Waals surface area contributed by atoms with Gasteiger partial charge in [-0.25, -0.2) is 18.0 Å². The van der Waals surface area contributed by atoms with Gasteiger partial charge in [0.2, 0.25) is 5.91 Å². The van der Waals surface area contributed by atoms with Gasteiger partial charge in [-0.3, -0.25) is 4.79 Å². The summed E-state index contributed by atoms with van der Waals surface area (Å²) in [5.74, 6) is -5.95. The molecule has 0 unspecified atom stereocenters. The highest BCUT2D eigenvalue weighted by atomic mass is 19.2. The number of ether oxygens (including phenoxy) is 1. The first-order chi connectivity index (χ1) is 12.3. The van der Waals surface area contributed by atoms with Crippen LogP contribution in [0.5, 0.6) is 0 Å². The second-order valence-electron chi connectivity index (χ2n) is 5.87. The Bertz CT molecular complexity index is 740. The van der Waals surface area contributed by atoms with Crippen molar-refractivity contribution in [1.29, 1.82) is 0 Å². The first-order valence-electron chi connectivity index (χ1n) is 7.82. The molecule has 2 rings (SSSR count). The first kappa shape index (κ1) is 19.7. The lowest BCUT2D eigenvalue weighted by Crippen LogP contribution is -2.49. The van der Waals surface area contributed by atoms with Gasteiger partial charge in [0.25, 0.3) is 0 Å². The maximum Gasteiger partial charge on any atom is 0.331 e. The van der Waals surface area contributed by atoms with Crippen molar-refractivity contribution in [3.63, 3.8) is 0 Å². The van der Waals surface area contributed by atoms with Crippen LogP contribution < -0.4 is 0 Å². The van der Waals surface area contributed by atoms with E-state index in [9.17, 15) is 22.8 Å². The van der Waals surface area contributed by atoms with E-state index in [-0.39, 0.29) is 30.8 Å². The van der Waals surface area contributed by atoms with Gasteiger partial charge in [-0.2, -0.15) is 0 Å². The summed E-state index contributed by atoms with van der Waals surface area (Å²) in [4.78, 5) is 24.9. The fraction of sp³-hybridized carbons (Fsp3) is 0.333. The van der Waals surface area contributed by atoms with Gasteiger partial charge in [0.05, 0.1) is 25.3 Å². The Kier molecular flexibility index (Phi) is 6.20. The summed E-state index contributed by atoms with van der Waals surface area (Å²) in [6, 6.07) is -0.0507. The molecule has 5 nitrogen and oxygen atoms in total. The molecular formula is C18H18F3NO4. The van der Waals surface area contributed by atoms with Crippen LogP contribution in [-0.2, 0) is 14.3 Å². The minimum absolute atomic E-state index is 0.00730. The predicted octanol–water partition coefficient (Wildman–Crippen LogP) is 2.98. The number of hydrogen-bond donors (Lipinski definition) is 1. The second-order valence-corrected chi connectivity index (χ2v) is 5.87. The van der Waals surface area contributed by atoms with Gasteiger partial charge < -0.3 is 14.7 Å². The highest BCUT2D eigenvalue weighted by Gasteiger charge is 2.35. The van der Waals surface area contributed by atoms with Crippen LogP contribution in [0.4, 0.5) is 13.2 Å². The number of carbonyl (C=O) groups is 2. The Balaban J connectivity index is 2.48. The van der Waals surface area contributed by atoms with E-state index in [0.29, 0.717) is 0 Å². The average Bonchev–Trinajstić information content (AvgIpc) is 2.59. The predicted molar refractivity (Wildman–Crippen MR) is 86.7 cm³/mol. The van der Waals surface area contributed by atoms with Crippen LogP contribution in [0.3, 0.4) is 0 Å². The van der Waals surface area contributed by atoms with Crippen LogP contribution in [0.2, 0.25) is 0 Å². The van der Waals surface area contributed by atoms with Gasteiger partial charge in [-0.05, 0) is 30.7 Å². The van der Waals surface area contributed by atoms with E-state index in [0.717, 1.165) is 12.1 Å². The average molecular weight is 369 g/mol. The number of amides is 1. The third-order valence-corrected chi connectivity index (χ3v) is 4.04. The topological polar surface area (TPSA) is 66.8 Å². The fourth-order valence-corrected chi connectivity index (χ4v) is 2.79. The van der Waals surface area contributed by atoms with Crippen molar-refractivity contribution >= 4 is 11.9 Å². The summed E-state index contributed by atoms with van der Waals surface area (Å²) in [5, 5.41) is 9.06. The van der Waals surface area contributed by atoms with E-state index in [2.05, 4.69) is 6.58 Å². The van der Waals surface area contributed by atoms with Crippen molar-refractivity contribution in [2.24, 2.45) is 0 Å².